The molecule has 0 unspecified atom stereocenters. The predicted octanol–water partition coefficient (Wildman–Crippen LogP) is 4.55. The fourth-order valence-corrected chi connectivity index (χ4v) is 5.03. The van der Waals surface area contributed by atoms with E-state index in [0.717, 1.165) is 12.1 Å². The fraction of sp³-hybridized carbons (Fsp3) is 0.292. The van der Waals surface area contributed by atoms with Crippen molar-refractivity contribution in [2.75, 3.05) is 26.2 Å². The Morgan fingerprint density at radius 3 is 2.69 bits per heavy atom. The first-order valence-corrected chi connectivity index (χ1v) is 12.3. The van der Waals surface area contributed by atoms with Gasteiger partial charge in [-0.25, -0.2) is 9.59 Å². The van der Waals surface area contributed by atoms with Crippen LogP contribution in [0.4, 0.5) is 0 Å². The second kappa shape index (κ2) is 11.0. The van der Waals surface area contributed by atoms with Crippen LogP contribution >= 0.6 is 35.1 Å². The topological polar surface area (TPSA) is 100 Å². The molecule has 0 bridgehead atoms. The summed E-state index contributed by atoms with van der Waals surface area (Å²) in [4.78, 5) is 38.4. The molecule has 1 aliphatic heterocycles. The first-order valence-electron chi connectivity index (χ1n) is 10.7. The van der Waals surface area contributed by atoms with Crippen molar-refractivity contribution in [1.82, 2.24) is 9.21 Å². The number of carbonyl (C=O) groups is 2. The van der Waals surface area contributed by atoms with Crippen molar-refractivity contribution in [2.45, 2.75) is 24.5 Å². The third kappa shape index (κ3) is 6.36. The Kier molecular flexibility index (Phi) is 8.03. The molecule has 1 fully saturated rings. The molecule has 2 aromatic carbocycles. The summed E-state index contributed by atoms with van der Waals surface area (Å²) >= 11 is 13.4. The van der Waals surface area contributed by atoms with E-state index in [2.05, 4.69) is 4.90 Å². The second-order valence-corrected chi connectivity index (χ2v) is 10.0. The highest BCUT2D eigenvalue weighted by atomic mass is 35.5. The molecule has 1 aliphatic rings. The number of hydrogen-bond donors (Lipinski definition) is 1. The second-order valence-electron chi connectivity index (χ2n) is 8.10. The van der Waals surface area contributed by atoms with Crippen LogP contribution in [0.1, 0.15) is 22.8 Å². The van der Waals surface area contributed by atoms with Crippen molar-refractivity contribution in [1.29, 1.82) is 0 Å². The Balaban J connectivity index is 1.45. The lowest BCUT2D eigenvalue weighted by molar-refractivity contribution is -0.126. The van der Waals surface area contributed by atoms with E-state index in [9.17, 15) is 19.5 Å². The van der Waals surface area contributed by atoms with Crippen LogP contribution < -0.4 is 5.63 Å². The number of amides is 1. The molecule has 1 aromatic heterocycles. The molecule has 2 heterocycles. The third-order valence-electron chi connectivity index (χ3n) is 5.48. The fourth-order valence-electron chi connectivity index (χ4n) is 3.78. The zero-order valence-electron chi connectivity index (χ0n) is 18.7. The zero-order valence-corrected chi connectivity index (χ0v) is 21.0. The molecule has 0 radical (unpaired) electrons. The average molecular weight is 537 g/mol. The van der Waals surface area contributed by atoms with E-state index in [4.69, 9.17) is 32.4 Å². The molecule has 1 N–H and O–H groups in total. The Hall–Kier alpha value is -2.56. The normalized spacial score (nSPS) is 16.4. The molecular formula is C24H22Cl2N2O6S. The van der Waals surface area contributed by atoms with Crippen LogP contribution in [-0.2, 0) is 16.1 Å². The molecular weight excluding hydrogens is 515 g/mol. The van der Waals surface area contributed by atoms with Gasteiger partial charge in [-0.3, -0.25) is 14.0 Å². The van der Waals surface area contributed by atoms with Gasteiger partial charge in [-0.2, -0.15) is 0 Å². The van der Waals surface area contributed by atoms with Gasteiger partial charge < -0.3 is 14.3 Å². The van der Waals surface area contributed by atoms with Gasteiger partial charge in [0.25, 0.3) is 0 Å². The molecule has 4 rings (SSSR count). The minimum atomic E-state index is -1.36. The molecule has 35 heavy (non-hydrogen) atoms. The molecule has 3 aromatic rings. The first-order chi connectivity index (χ1) is 16.7. The van der Waals surface area contributed by atoms with E-state index < -0.39 is 17.2 Å². The van der Waals surface area contributed by atoms with Gasteiger partial charge in [-0.15, -0.1) is 0 Å². The highest BCUT2D eigenvalue weighted by Crippen LogP contribution is 2.28. The number of halogens is 2. The maximum absolute atomic E-state index is 12.4. The van der Waals surface area contributed by atoms with Crippen LogP contribution in [0.25, 0.3) is 11.0 Å². The van der Waals surface area contributed by atoms with E-state index in [1.54, 1.807) is 28.6 Å². The monoisotopic (exact) mass is 536 g/mol. The molecule has 1 atom stereocenters. The van der Waals surface area contributed by atoms with Crippen molar-refractivity contribution in [3.05, 3.63) is 74.1 Å². The number of carboxylic acids is 1. The molecule has 1 amide bonds. The standard InChI is InChI=1S/C24H22Cl2N2O6S/c1-14(29)28(35-18-3-5-22-16(9-18)10-19(23(30)31)24(32)34-22)13-17-12-27(6-7-33-17)11-15-2-4-20(25)21(26)8-15/h2-5,8-10,17H,6-7,11-13H2,1H3,(H,30,31)/t17-/m0/s1. The summed E-state index contributed by atoms with van der Waals surface area (Å²) in [6.07, 6.45) is -0.194. The SMILES string of the molecule is CC(=O)N(C[C@@H]1CN(Cc2ccc(Cl)c(Cl)c2)CCO1)Sc1ccc2oc(=O)c(C(=O)O)cc2c1. The molecule has 1 saturated heterocycles. The molecule has 0 saturated carbocycles. The zero-order chi connectivity index (χ0) is 25.1. The van der Waals surface area contributed by atoms with E-state index in [-0.39, 0.29) is 17.6 Å². The summed E-state index contributed by atoms with van der Waals surface area (Å²) in [5.41, 5.74) is -0.0370. The van der Waals surface area contributed by atoms with Crippen molar-refractivity contribution in [3.63, 3.8) is 0 Å². The molecule has 11 heteroatoms. The van der Waals surface area contributed by atoms with Crippen molar-refractivity contribution in [2.24, 2.45) is 0 Å². The minimum absolute atomic E-state index is 0.147. The van der Waals surface area contributed by atoms with Crippen molar-refractivity contribution >= 4 is 58.0 Å². The van der Waals surface area contributed by atoms with Crippen LogP contribution in [0.5, 0.6) is 0 Å². The Bertz CT molecular complexity index is 1330. The maximum Gasteiger partial charge on any atom is 0.351 e. The Morgan fingerprint density at radius 1 is 1.17 bits per heavy atom. The number of hydrogen-bond acceptors (Lipinski definition) is 7. The third-order valence-corrected chi connectivity index (χ3v) is 7.31. The number of nitrogens with zero attached hydrogens (tertiary/aromatic N) is 2. The van der Waals surface area contributed by atoms with Gasteiger partial charge >= 0.3 is 11.6 Å². The summed E-state index contributed by atoms with van der Waals surface area (Å²) in [7, 11) is 0. The number of ether oxygens (including phenoxy) is 1. The predicted molar refractivity (Wildman–Crippen MR) is 134 cm³/mol. The summed E-state index contributed by atoms with van der Waals surface area (Å²) in [5, 5.41) is 10.7. The van der Waals surface area contributed by atoms with E-state index >= 15 is 0 Å². The summed E-state index contributed by atoms with van der Waals surface area (Å²) in [6.45, 7) is 4.45. The van der Waals surface area contributed by atoms with Crippen LogP contribution in [0.15, 0.2) is 56.6 Å². The van der Waals surface area contributed by atoms with Gasteiger partial charge in [0.2, 0.25) is 5.91 Å². The molecule has 0 spiro atoms. The molecule has 8 nitrogen and oxygen atoms in total. The van der Waals surface area contributed by atoms with E-state index in [1.807, 2.05) is 12.1 Å². The maximum atomic E-state index is 12.4. The first kappa shape index (κ1) is 25.5. The van der Waals surface area contributed by atoms with Crippen LogP contribution in [0.3, 0.4) is 0 Å². The average Bonchev–Trinajstić information content (AvgIpc) is 2.81. The highest BCUT2D eigenvalue weighted by molar-refractivity contribution is 7.97. The highest BCUT2D eigenvalue weighted by Gasteiger charge is 2.25. The van der Waals surface area contributed by atoms with Crippen molar-refractivity contribution < 1.29 is 23.8 Å². The lowest BCUT2D eigenvalue weighted by Crippen LogP contribution is -2.46. The van der Waals surface area contributed by atoms with Gasteiger partial charge in [0, 0.05) is 36.8 Å². The lowest BCUT2D eigenvalue weighted by Gasteiger charge is -2.35. The number of carboxylic acid groups (broad SMARTS) is 1. The van der Waals surface area contributed by atoms with Crippen LogP contribution in [0, 0.1) is 0 Å². The van der Waals surface area contributed by atoms with Gasteiger partial charge in [0.15, 0.2) is 0 Å². The number of fused-ring (bicyclic) bond motifs is 1. The Labute approximate surface area is 215 Å². The van der Waals surface area contributed by atoms with E-state index in [0.29, 0.717) is 46.6 Å². The van der Waals surface area contributed by atoms with Crippen LogP contribution in [0.2, 0.25) is 10.0 Å². The summed E-state index contributed by atoms with van der Waals surface area (Å²) in [5.74, 6) is -1.50. The number of morpholine rings is 1. The smallest absolute Gasteiger partial charge is 0.351 e. The quantitative estimate of drug-likeness (QED) is 0.346. The number of aromatic carboxylic acids is 1. The Morgan fingerprint density at radius 2 is 1.97 bits per heavy atom. The van der Waals surface area contributed by atoms with Gasteiger partial charge in [0.1, 0.15) is 11.1 Å². The molecule has 184 valence electrons. The largest absolute Gasteiger partial charge is 0.477 e. The summed E-state index contributed by atoms with van der Waals surface area (Å²) in [6, 6.07) is 11.8. The number of carbonyl (C=O) groups excluding carboxylic acids is 1. The van der Waals surface area contributed by atoms with Gasteiger partial charge in [-0.05, 0) is 53.9 Å². The van der Waals surface area contributed by atoms with E-state index in [1.165, 1.54) is 24.9 Å². The summed E-state index contributed by atoms with van der Waals surface area (Å²) < 4.78 is 12.6. The number of rotatable bonds is 7. The van der Waals surface area contributed by atoms with Gasteiger partial charge in [-0.1, -0.05) is 29.3 Å². The number of benzene rings is 2. The van der Waals surface area contributed by atoms with Crippen molar-refractivity contribution in [3.8, 4) is 0 Å². The van der Waals surface area contributed by atoms with Gasteiger partial charge in [0.05, 0.1) is 29.3 Å². The van der Waals surface area contributed by atoms with Crippen LogP contribution in [-0.4, -0.2) is 58.5 Å². The molecule has 0 aliphatic carbocycles. The minimum Gasteiger partial charge on any atom is -0.477 e. The lowest BCUT2D eigenvalue weighted by atomic mass is 10.2.